The summed E-state index contributed by atoms with van der Waals surface area (Å²) in [6.45, 7) is 5.80. The number of hydrogen-bond acceptors (Lipinski definition) is 4. The van der Waals surface area contributed by atoms with Gasteiger partial charge in [0.05, 0.1) is 23.7 Å². The summed E-state index contributed by atoms with van der Waals surface area (Å²) in [6, 6.07) is 0. The molecule has 2 rings (SSSR count). The fraction of sp³-hybridized carbons (Fsp3) is 0.706. The fourth-order valence-electron chi connectivity index (χ4n) is 3.77. The number of ether oxygens (including phenoxy) is 1. The summed E-state index contributed by atoms with van der Waals surface area (Å²) >= 11 is 0. The number of carbonyl (C=O) groups is 1. The molecule has 0 unspecified atom stereocenters. The molecule has 4 heteroatoms. The second-order valence-corrected chi connectivity index (χ2v) is 6.77. The lowest BCUT2D eigenvalue weighted by molar-refractivity contribution is -0.152. The second-order valence-electron chi connectivity index (χ2n) is 6.77. The third-order valence-corrected chi connectivity index (χ3v) is 5.22. The number of ketones is 1. The summed E-state index contributed by atoms with van der Waals surface area (Å²) in [4.78, 5) is 12.8. The molecule has 2 N–H and O–H groups in total. The molecule has 0 radical (unpaired) electrons. The van der Waals surface area contributed by atoms with Crippen molar-refractivity contribution >= 4 is 5.78 Å². The predicted molar refractivity (Wildman–Crippen MR) is 80.7 cm³/mol. The van der Waals surface area contributed by atoms with Crippen LogP contribution in [0.4, 0.5) is 0 Å². The first-order chi connectivity index (χ1) is 9.74. The highest BCUT2D eigenvalue weighted by Crippen LogP contribution is 2.52. The summed E-state index contributed by atoms with van der Waals surface area (Å²) in [7, 11) is 1.55. The summed E-state index contributed by atoms with van der Waals surface area (Å²) in [5.41, 5.74) is -1.35. The lowest BCUT2D eigenvalue weighted by atomic mass is 9.54. The van der Waals surface area contributed by atoms with E-state index < -0.39 is 17.1 Å². The van der Waals surface area contributed by atoms with Gasteiger partial charge < -0.3 is 14.9 Å². The zero-order valence-electron chi connectivity index (χ0n) is 13.3. The number of carbonyl (C=O) groups excluding carboxylic acids is 1. The van der Waals surface area contributed by atoms with E-state index in [0.717, 1.165) is 5.57 Å². The van der Waals surface area contributed by atoms with Gasteiger partial charge in [-0.1, -0.05) is 25.2 Å². The molecule has 0 aliphatic heterocycles. The molecule has 0 amide bonds. The molecule has 0 bridgehead atoms. The van der Waals surface area contributed by atoms with Gasteiger partial charge in [0.15, 0.2) is 0 Å². The standard InChI is InChI=1S/C17H26O4/c1-11-9-12-5-7-16(2,20)17(3,14(19)6-8-21-4)15(12)13(18)10-11/h5,7,9,11,13,15,18,20H,6,8,10H2,1-4H3/t11-,13+,15-,16-,17-/m0/s1. The van der Waals surface area contributed by atoms with Gasteiger partial charge in [0, 0.05) is 19.4 Å². The molecule has 2 aliphatic carbocycles. The van der Waals surface area contributed by atoms with Gasteiger partial charge in [0.2, 0.25) is 0 Å². The molecule has 0 spiro atoms. The zero-order chi connectivity index (χ0) is 15.8. The monoisotopic (exact) mass is 294 g/mol. The molecule has 0 saturated heterocycles. The number of rotatable bonds is 4. The third kappa shape index (κ3) is 2.60. The minimum atomic E-state index is -1.28. The summed E-state index contributed by atoms with van der Waals surface area (Å²) in [5.74, 6) is -0.154. The van der Waals surface area contributed by atoms with Crippen molar-refractivity contribution in [1.82, 2.24) is 0 Å². The Labute approximate surface area is 126 Å². The van der Waals surface area contributed by atoms with Gasteiger partial charge in [-0.15, -0.1) is 0 Å². The Morgan fingerprint density at radius 1 is 1.48 bits per heavy atom. The molecule has 0 aromatic carbocycles. The Morgan fingerprint density at radius 2 is 2.14 bits per heavy atom. The van der Waals surface area contributed by atoms with E-state index in [9.17, 15) is 15.0 Å². The van der Waals surface area contributed by atoms with Crippen LogP contribution in [-0.4, -0.2) is 41.4 Å². The van der Waals surface area contributed by atoms with Crippen molar-refractivity contribution in [2.24, 2.45) is 17.3 Å². The van der Waals surface area contributed by atoms with Crippen LogP contribution >= 0.6 is 0 Å². The van der Waals surface area contributed by atoms with E-state index in [1.807, 2.05) is 6.08 Å². The largest absolute Gasteiger partial charge is 0.392 e. The number of aliphatic hydroxyl groups is 2. The number of allylic oxidation sites excluding steroid dienone is 2. The number of hydrogen-bond donors (Lipinski definition) is 2. The highest BCUT2D eigenvalue weighted by molar-refractivity contribution is 5.88. The number of Topliss-reactive ketones (excluding diaryl/α,β-unsaturated/α-hetero) is 1. The van der Waals surface area contributed by atoms with Gasteiger partial charge in [-0.3, -0.25) is 4.79 Å². The van der Waals surface area contributed by atoms with E-state index in [1.165, 1.54) is 0 Å². The van der Waals surface area contributed by atoms with E-state index in [2.05, 4.69) is 13.0 Å². The van der Waals surface area contributed by atoms with Crippen molar-refractivity contribution in [2.45, 2.75) is 45.3 Å². The molecule has 21 heavy (non-hydrogen) atoms. The Morgan fingerprint density at radius 3 is 2.76 bits per heavy atom. The first kappa shape index (κ1) is 16.4. The van der Waals surface area contributed by atoms with Crippen LogP contribution in [0, 0.1) is 17.3 Å². The minimum Gasteiger partial charge on any atom is -0.392 e. The predicted octanol–water partition coefficient (Wildman–Crippen LogP) is 1.86. The van der Waals surface area contributed by atoms with Crippen LogP contribution in [0.2, 0.25) is 0 Å². The van der Waals surface area contributed by atoms with Crippen LogP contribution in [0.1, 0.15) is 33.6 Å². The van der Waals surface area contributed by atoms with Gasteiger partial charge in [-0.25, -0.2) is 0 Å². The zero-order valence-corrected chi connectivity index (χ0v) is 13.3. The maximum atomic E-state index is 12.8. The first-order valence-electron chi connectivity index (χ1n) is 7.57. The van der Waals surface area contributed by atoms with Gasteiger partial charge in [0.1, 0.15) is 5.78 Å². The maximum absolute atomic E-state index is 12.8. The van der Waals surface area contributed by atoms with Crippen LogP contribution in [-0.2, 0) is 9.53 Å². The number of aliphatic hydroxyl groups excluding tert-OH is 1. The normalized spacial score (nSPS) is 42.4. The van der Waals surface area contributed by atoms with Gasteiger partial charge in [-0.2, -0.15) is 0 Å². The molecule has 0 fully saturated rings. The maximum Gasteiger partial charge on any atom is 0.144 e. The van der Waals surface area contributed by atoms with E-state index >= 15 is 0 Å². The van der Waals surface area contributed by atoms with Crippen molar-refractivity contribution in [3.8, 4) is 0 Å². The Hall–Kier alpha value is -0.970. The molecule has 2 aliphatic rings. The van der Waals surface area contributed by atoms with Gasteiger partial charge in [-0.05, 0) is 31.8 Å². The van der Waals surface area contributed by atoms with E-state index in [1.54, 1.807) is 27.0 Å². The molecule has 0 saturated carbocycles. The van der Waals surface area contributed by atoms with Crippen LogP contribution in [0.3, 0.4) is 0 Å². The average molecular weight is 294 g/mol. The topological polar surface area (TPSA) is 66.8 Å². The first-order valence-corrected chi connectivity index (χ1v) is 7.57. The molecule has 118 valence electrons. The van der Waals surface area contributed by atoms with Crippen molar-refractivity contribution in [1.29, 1.82) is 0 Å². The quantitative estimate of drug-likeness (QED) is 0.830. The molecule has 5 atom stereocenters. The minimum absolute atomic E-state index is 0.0665. The van der Waals surface area contributed by atoms with Crippen molar-refractivity contribution in [3.05, 3.63) is 23.8 Å². The molecule has 0 heterocycles. The molecule has 0 aromatic heterocycles. The van der Waals surface area contributed by atoms with Gasteiger partial charge in [0.25, 0.3) is 0 Å². The highest BCUT2D eigenvalue weighted by atomic mass is 16.5. The number of methoxy groups -OCH3 is 1. The van der Waals surface area contributed by atoms with Crippen LogP contribution in [0.15, 0.2) is 23.8 Å². The highest BCUT2D eigenvalue weighted by Gasteiger charge is 2.57. The molecular weight excluding hydrogens is 268 g/mol. The molecular formula is C17H26O4. The molecule has 4 nitrogen and oxygen atoms in total. The second kappa shape index (κ2) is 5.67. The summed E-state index contributed by atoms with van der Waals surface area (Å²) < 4.78 is 5.00. The van der Waals surface area contributed by atoms with Crippen molar-refractivity contribution in [3.63, 3.8) is 0 Å². The van der Waals surface area contributed by atoms with Crippen molar-refractivity contribution in [2.75, 3.05) is 13.7 Å². The molecule has 0 aromatic rings. The van der Waals surface area contributed by atoms with E-state index in [4.69, 9.17) is 4.74 Å². The van der Waals surface area contributed by atoms with Crippen LogP contribution < -0.4 is 0 Å². The fourth-order valence-corrected chi connectivity index (χ4v) is 3.77. The lowest BCUT2D eigenvalue weighted by Gasteiger charge is -2.51. The lowest BCUT2D eigenvalue weighted by Crippen LogP contribution is -2.59. The number of fused-ring (bicyclic) bond motifs is 1. The summed E-state index contributed by atoms with van der Waals surface area (Å²) in [6.07, 6.45) is 5.88. The smallest absolute Gasteiger partial charge is 0.144 e. The van der Waals surface area contributed by atoms with Crippen LogP contribution in [0.5, 0.6) is 0 Å². The SMILES string of the molecule is COCCC(=O)[C@@]1(C)[C@H]2C(=C[C@H](C)C[C@H]2O)C=C[C@]1(C)O. The van der Waals surface area contributed by atoms with Crippen molar-refractivity contribution < 1.29 is 19.7 Å². The Bertz CT molecular complexity index is 477. The van der Waals surface area contributed by atoms with Gasteiger partial charge >= 0.3 is 0 Å². The third-order valence-electron chi connectivity index (χ3n) is 5.22. The van der Waals surface area contributed by atoms with Crippen LogP contribution in [0.25, 0.3) is 0 Å². The summed E-state index contributed by atoms with van der Waals surface area (Å²) in [5, 5.41) is 21.3. The average Bonchev–Trinajstić information content (AvgIpc) is 2.39. The van der Waals surface area contributed by atoms with E-state index in [-0.39, 0.29) is 24.0 Å². The van der Waals surface area contributed by atoms with E-state index in [0.29, 0.717) is 13.0 Å². The Kier molecular flexibility index (Phi) is 4.43. The Balaban J connectivity index is 2.47.